The Morgan fingerprint density at radius 3 is 2.73 bits per heavy atom. The monoisotopic (exact) mass is 313 g/mol. The van der Waals surface area contributed by atoms with Crippen LogP contribution < -0.4 is 4.74 Å². The maximum Gasteiger partial charge on any atom is 0.172 e. The van der Waals surface area contributed by atoms with Gasteiger partial charge in [-0.3, -0.25) is 4.79 Å². The Bertz CT molecular complexity index is 830. The Morgan fingerprint density at radius 2 is 2.00 bits per heavy atom. The molecule has 1 heterocycles. The van der Waals surface area contributed by atoms with Crippen molar-refractivity contribution in [3.63, 3.8) is 0 Å². The van der Waals surface area contributed by atoms with Gasteiger partial charge in [0.05, 0.1) is 17.8 Å². The quantitative estimate of drug-likeness (QED) is 0.693. The van der Waals surface area contributed by atoms with E-state index >= 15 is 0 Å². The highest BCUT2D eigenvalue weighted by Gasteiger charge is 2.18. The highest BCUT2D eigenvalue weighted by molar-refractivity contribution is 6.33. The molecule has 6 heteroatoms. The molecular formula is C16H12ClN3O2. The maximum absolute atomic E-state index is 11.3. The SMILES string of the molecule is COc1cccc(-n2nnc(C=O)c2-c2ccccc2Cl)c1. The van der Waals surface area contributed by atoms with Gasteiger partial charge in [-0.25, -0.2) is 4.68 Å². The highest BCUT2D eigenvalue weighted by atomic mass is 35.5. The third kappa shape index (κ3) is 2.46. The van der Waals surface area contributed by atoms with Crippen molar-refractivity contribution in [2.75, 3.05) is 7.11 Å². The predicted molar refractivity (Wildman–Crippen MR) is 83.7 cm³/mol. The number of rotatable bonds is 4. The molecule has 0 bridgehead atoms. The van der Waals surface area contributed by atoms with Crippen LogP contribution in [0.3, 0.4) is 0 Å². The van der Waals surface area contributed by atoms with Crippen molar-refractivity contribution >= 4 is 17.9 Å². The molecule has 3 rings (SSSR count). The average Bonchev–Trinajstić information content (AvgIpc) is 2.99. The van der Waals surface area contributed by atoms with Gasteiger partial charge in [-0.15, -0.1) is 5.10 Å². The first-order valence-electron chi connectivity index (χ1n) is 6.55. The normalized spacial score (nSPS) is 10.5. The summed E-state index contributed by atoms with van der Waals surface area (Å²) in [6, 6.07) is 14.6. The number of nitrogens with zero attached hydrogens (tertiary/aromatic N) is 3. The van der Waals surface area contributed by atoms with Gasteiger partial charge in [-0.2, -0.15) is 0 Å². The van der Waals surface area contributed by atoms with Gasteiger partial charge in [0.15, 0.2) is 12.0 Å². The van der Waals surface area contributed by atoms with Crippen LogP contribution in [0.25, 0.3) is 16.9 Å². The lowest BCUT2D eigenvalue weighted by Gasteiger charge is -2.09. The molecule has 0 unspecified atom stereocenters. The van der Waals surface area contributed by atoms with E-state index < -0.39 is 0 Å². The van der Waals surface area contributed by atoms with E-state index in [1.807, 2.05) is 42.5 Å². The number of aldehydes is 1. The van der Waals surface area contributed by atoms with E-state index in [0.29, 0.717) is 28.3 Å². The van der Waals surface area contributed by atoms with Crippen LogP contribution >= 0.6 is 11.6 Å². The molecule has 0 aliphatic carbocycles. The lowest BCUT2D eigenvalue weighted by Crippen LogP contribution is -2.01. The third-order valence-electron chi connectivity index (χ3n) is 3.23. The minimum atomic E-state index is 0.232. The Balaban J connectivity index is 2.24. The summed E-state index contributed by atoms with van der Waals surface area (Å²) in [6.07, 6.45) is 0.669. The second-order valence-electron chi connectivity index (χ2n) is 4.53. The summed E-state index contributed by atoms with van der Waals surface area (Å²) >= 11 is 6.25. The lowest BCUT2D eigenvalue weighted by atomic mass is 10.1. The van der Waals surface area contributed by atoms with E-state index in [0.717, 1.165) is 5.69 Å². The Labute approximate surface area is 132 Å². The summed E-state index contributed by atoms with van der Waals surface area (Å²) in [4.78, 5) is 11.3. The molecule has 0 aliphatic rings. The second-order valence-corrected chi connectivity index (χ2v) is 4.94. The summed E-state index contributed by atoms with van der Waals surface area (Å²) in [6.45, 7) is 0. The van der Waals surface area contributed by atoms with Gasteiger partial charge in [-0.1, -0.05) is 41.1 Å². The van der Waals surface area contributed by atoms with Crippen molar-refractivity contribution in [1.29, 1.82) is 0 Å². The number of halogens is 1. The van der Waals surface area contributed by atoms with Gasteiger partial charge in [0.25, 0.3) is 0 Å². The molecule has 3 aromatic rings. The largest absolute Gasteiger partial charge is 0.497 e. The summed E-state index contributed by atoms with van der Waals surface area (Å²) in [7, 11) is 1.59. The number of carbonyl (C=O) groups is 1. The number of hydrogen-bond acceptors (Lipinski definition) is 4. The smallest absolute Gasteiger partial charge is 0.172 e. The molecule has 110 valence electrons. The fourth-order valence-corrected chi connectivity index (χ4v) is 2.43. The topological polar surface area (TPSA) is 57.0 Å². The fourth-order valence-electron chi connectivity index (χ4n) is 2.20. The van der Waals surface area contributed by atoms with Crippen LogP contribution in [0.1, 0.15) is 10.5 Å². The molecule has 0 saturated heterocycles. The average molecular weight is 314 g/mol. The number of hydrogen-bond donors (Lipinski definition) is 0. The summed E-state index contributed by atoms with van der Waals surface area (Å²) < 4.78 is 6.80. The first-order valence-corrected chi connectivity index (χ1v) is 6.92. The van der Waals surface area contributed by atoms with Crippen LogP contribution in [0, 0.1) is 0 Å². The molecule has 0 spiro atoms. The second kappa shape index (κ2) is 5.99. The van der Waals surface area contributed by atoms with Gasteiger partial charge in [0.1, 0.15) is 11.4 Å². The minimum absolute atomic E-state index is 0.232. The van der Waals surface area contributed by atoms with E-state index in [1.165, 1.54) is 0 Å². The number of ether oxygens (including phenoxy) is 1. The number of carbonyl (C=O) groups excluding carboxylic acids is 1. The van der Waals surface area contributed by atoms with E-state index in [9.17, 15) is 4.79 Å². The molecule has 0 amide bonds. The molecule has 0 N–H and O–H groups in total. The maximum atomic E-state index is 11.3. The van der Waals surface area contributed by atoms with Gasteiger partial charge < -0.3 is 4.74 Å². The first-order chi connectivity index (χ1) is 10.7. The molecule has 0 saturated carbocycles. The van der Waals surface area contributed by atoms with Crippen LogP contribution in [0.15, 0.2) is 48.5 Å². The molecule has 22 heavy (non-hydrogen) atoms. The van der Waals surface area contributed by atoms with E-state index in [1.54, 1.807) is 17.9 Å². The lowest BCUT2D eigenvalue weighted by molar-refractivity contribution is 0.111. The van der Waals surface area contributed by atoms with Crippen molar-refractivity contribution in [1.82, 2.24) is 15.0 Å². The van der Waals surface area contributed by atoms with Crippen molar-refractivity contribution in [2.45, 2.75) is 0 Å². The van der Waals surface area contributed by atoms with Crippen molar-refractivity contribution in [3.8, 4) is 22.7 Å². The van der Waals surface area contributed by atoms with Gasteiger partial charge in [0, 0.05) is 11.6 Å². The van der Waals surface area contributed by atoms with Crippen molar-refractivity contribution in [2.24, 2.45) is 0 Å². The van der Waals surface area contributed by atoms with Crippen LogP contribution in [0.4, 0.5) is 0 Å². The Hall–Kier alpha value is -2.66. The molecule has 1 aromatic heterocycles. The Morgan fingerprint density at radius 1 is 1.18 bits per heavy atom. The van der Waals surface area contributed by atoms with E-state index in [4.69, 9.17) is 16.3 Å². The van der Waals surface area contributed by atoms with E-state index in [-0.39, 0.29) is 5.69 Å². The van der Waals surface area contributed by atoms with Crippen LogP contribution in [0.5, 0.6) is 5.75 Å². The zero-order valence-corrected chi connectivity index (χ0v) is 12.5. The van der Waals surface area contributed by atoms with Crippen LogP contribution in [-0.4, -0.2) is 28.4 Å². The van der Waals surface area contributed by atoms with E-state index in [2.05, 4.69) is 10.3 Å². The zero-order chi connectivity index (χ0) is 15.5. The summed E-state index contributed by atoms with van der Waals surface area (Å²) in [5.74, 6) is 0.686. The fraction of sp³-hybridized carbons (Fsp3) is 0.0625. The highest BCUT2D eigenvalue weighted by Crippen LogP contribution is 2.31. The van der Waals surface area contributed by atoms with Gasteiger partial charge in [-0.05, 0) is 18.2 Å². The summed E-state index contributed by atoms with van der Waals surface area (Å²) in [5.41, 5.74) is 2.21. The molecule has 0 atom stereocenters. The third-order valence-corrected chi connectivity index (χ3v) is 3.56. The van der Waals surface area contributed by atoms with Crippen molar-refractivity contribution < 1.29 is 9.53 Å². The molecule has 0 radical (unpaired) electrons. The summed E-state index contributed by atoms with van der Waals surface area (Å²) in [5, 5.41) is 8.53. The molecule has 0 aliphatic heterocycles. The number of methoxy groups -OCH3 is 1. The first kappa shape index (κ1) is 14.3. The number of aromatic nitrogens is 3. The Kier molecular flexibility index (Phi) is 3.89. The molecular weight excluding hydrogens is 302 g/mol. The number of benzene rings is 2. The van der Waals surface area contributed by atoms with Crippen molar-refractivity contribution in [3.05, 3.63) is 59.2 Å². The van der Waals surface area contributed by atoms with Gasteiger partial charge >= 0.3 is 0 Å². The zero-order valence-electron chi connectivity index (χ0n) is 11.7. The van der Waals surface area contributed by atoms with Crippen LogP contribution in [-0.2, 0) is 0 Å². The van der Waals surface area contributed by atoms with Crippen LogP contribution in [0.2, 0.25) is 5.02 Å². The molecule has 0 fully saturated rings. The predicted octanol–water partition coefficient (Wildman–Crippen LogP) is 3.41. The molecule has 2 aromatic carbocycles. The standard InChI is InChI=1S/C16H12ClN3O2/c1-22-12-6-4-5-11(9-12)20-16(15(10-21)18-19-20)13-7-2-3-8-14(13)17/h2-10H,1H3. The minimum Gasteiger partial charge on any atom is -0.497 e. The van der Waals surface area contributed by atoms with Gasteiger partial charge in [0.2, 0.25) is 0 Å². The molecule has 5 nitrogen and oxygen atoms in total.